The summed E-state index contributed by atoms with van der Waals surface area (Å²) < 4.78 is 31.6. The number of carbonyl (C=O) groups excluding carboxylic acids is 1. The van der Waals surface area contributed by atoms with Crippen LogP contribution in [0.2, 0.25) is 0 Å². The minimum Gasteiger partial charge on any atom is -0.441 e. The lowest BCUT2D eigenvalue weighted by Gasteiger charge is -2.05. The molecule has 0 fully saturated rings. The molecule has 2 aromatic heterocycles. The van der Waals surface area contributed by atoms with Gasteiger partial charge in [-0.2, -0.15) is 0 Å². The lowest BCUT2D eigenvalue weighted by Crippen LogP contribution is -2.22. The Morgan fingerprint density at radius 1 is 1.00 bits per heavy atom. The van der Waals surface area contributed by atoms with Crippen molar-refractivity contribution in [1.29, 1.82) is 0 Å². The first-order chi connectivity index (χ1) is 16.9. The largest absolute Gasteiger partial charge is 0.441 e. The standard InChI is InChI=1S/C27H27N3O4S/c1-3-5-20-7-13-24(14-8-20)35(32,33)18-25-19(2)34-27(30-25)23-11-9-22(10-12-23)26(31)29-17-21-6-4-15-28-16-21/h4,6-16H,3,5,17-18H2,1-2H3,(H,29,31). The number of carbonyl (C=O) groups is 1. The second kappa shape index (κ2) is 10.7. The average Bonchev–Trinajstić information content (AvgIpc) is 3.23. The van der Waals surface area contributed by atoms with Gasteiger partial charge in [0.15, 0.2) is 9.84 Å². The van der Waals surface area contributed by atoms with E-state index in [2.05, 4.69) is 22.2 Å². The van der Waals surface area contributed by atoms with Gasteiger partial charge in [-0.3, -0.25) is 9.78 Å². The van der Waals surface area contributed by atoms with Crippen LogP contribution in [0.25, 0.3) is 11.5 Å². The summed E-state index contributed by atoms with van der Waals surface area (Å²) in [5.41, 5.74) is 3.54. The Bertz CT molecular complexity index is 1400. The average molecular weight is 490 g/mol. The summed E-state index contributed by atoms with van der Waals surface area (Å²) >= 11 is 0. The molecule has 4 rings (SSSR count). The van der Waals surface area contributed by atoms with Gasteiger partial charge in [0.25, 0.3) is 5.91 Å². The molecular weight excluding hydrogens is 462 g/mol. The van der Waals surface area contributed by atoms with Crippen LogP contribution in [0.1, 0.15) is 46.3 Å². The second-order valence-corrected chi connectivity index (χ2v) is 10.3. The molecule has 1 amide bonds. The molecule has 4 aromatic rings. The van der Waals surface area contributed by atoms with E-state index in [0.717, 1.165) is 24.0 Å². The van der Waals surface area contributed by atoms with Gasteiger partial charge < -0.3 is 9.73 Å². The van der Waals surface area contributed by atoms with Crippen LogP contribution in [-0.4, -0.2) is 24.3 Å². The molecule has 0 saturated heterocycles. The van der Waals surface area contributed by atoms with E-state index in [1.165, 1.54) is 0 Å². The van der Waals surface area contributed by atoms with Crippen molar-refractivity contribution in [3.63, 3.8) is 0 Å². The minimum absolute atomic E-state index is 0.208. The molecule has 2 aromatic carbocycles. The predicted molar refractivity (Wildman–Crippen MR) is 133 cm³/mol. The quantitative estimate of drug-likeness (QED) is 0.359. The van der Waals surface area contributed by atoms with E-state index in [1.807, 2.05) is 24.3 Å². The van der Waals surface area contributed by atoms with Gasteiger partial charge in [-0.05, 0) is 66.9 Å². The van der Waals surface area contributed by atoms with E-state index in [9.17, 15) is 13.2 Å². The number of oxazole rings is 1. The first-order valence-electron chi connectivity index (χ1n) is 11.4. The van der Waals surface area contributed by atoms with Gasteiger partial charge in [-0.15, -0.1) is 0 Å². The van der Waals surface area contributed by atoms with Crippen LogP contribution in [0, 0.1) is 6.92 Å². The Morgan fingerprint density at radius 2 is 1.74 bits per heavy atom. The maximum Gasteiger partial charge on any atom is 0.251 e. The van der Waals surface area contributed by atoms with Crippen LogP contribution >= 0.6 is 0 Å². The van der Waals surface area contributed by atoms with E-state index in [1.54, 1.807) is 55.7 Å². The highest BCUT2D eigenvalue weighted by atomic mass is 32.2. The third-order valence-corrected chi connectivity index (χ3v) is 7.25. The number of amides is 1. The minimum atomic E-state index is -3.56. The highest BCUT2D eigenvalue weighted by Gasteiger charge is 2.21. The molecular formula is C27H27N3O4S. The summed E-state index contributed by atoms with van der Waals surface area (Å²) in [6.45, 7) is 4.17. The zero-order valence-electron chi connectivity index (χ0n) is 19.7. The van der Waals surface area contributed by atoms with Crippen molar-refractivity contribution in [2.45, 2.75) is 43.9 Å². The van der Waals surface area contributed by atoms with E-state index < -0.39 is 9.84 Å². The van der Waals surface area contributed by atoms with E-state index in [4.69, 9.17) is 4.42 Å². The summed E-state index contributed by atoms with van der Waals surface area (Å²) in [6.07, 6.45) is 5.30. The molecule has 0 atom stereocenters. The summed E-state index contributed by atoms with van der Waals surface area (Å²) in [6, 6.07) is 17.5. The third kappa shape index (κ3) is 6.02. The Hall–Kier alpha value is -3.78. The molecule has 2 heterocycles. The number of nitrogens with zero attached hydrogens (tertiary/aromatic N) is 2. The fourth-order valence-corrected chi connectivity index (χ4v) is 5.00. The fourth-order valence-electron chi connectivity index (χ4n) is 3.65. The smallest absolute Gasteiger partial charge is 0.251 e. The Morgan fingerprint density at radius 3 is 2.40 bits per heavy atom. The van der Waals surface area contributed by atoms with Crippen LogP contribution in [0.15, 0.2) is 82.4 Å². The number of aryl methyl sites for hydroxylation is 2. The van der Waals surface area contributed by atoms with Gasteiger partial charge in [0, 0.05) is 30.1 Å². The number of hydrogen-bond acceptors (Lipinski definition) is 6. The molecule has 0 aliphatic rings. The molecule has 1 N–H and O–H groups in total. The molecule has 8 heteroatoms. The van der Waals surface area contributed by atoms with Gasteiger partial charge >= 0.3 is 0 Å². The normalized spacial score (nSPS) is 11.4. The topological polar surface area (TPSA) is 102 Å². The van der Waals surface area contributed by atoms with E-state index >= 15 is 0 Å². The highest BCUT2D eigenvalue weighted by Crippen LogP contribution is 2.25. The van der Waals surface area contributed by atoms with Crippen molar-refractivity contribution < 1.29 is 17.6 Å². The zero-order valence-corrected chi connectivity index (χ0v) is 20.5. The van der Waals surface area contributed by atoms with Crippen LogP contribution < -0.4 is 5.32 Å². The van der Waals surface area contributed by atoms with Crippen molar-refractivity contribution in [2.75, 3.05) is 0 Å². The van der Waals surface area contributed by atoms with Crippen molar-refractivity contribution >= 4 is 15.7 Å². The van der Waals surface area contributed by atoms with Crippen molar-refractivity contribution in [3.8, 4) is 11.5 Å². The predicted octanol–water partition coefficient (Wildman–Crippen LogP) is 4.90. The van der Waals surface area contributed by atoms with Gasteiger partial charge in [-0.1, -0.05) is 31.5 Å². The number of aromatic nitrogens is 2. The summed E-state index contributed by atoms with van der Waals surface area (Å²) in [5.74, 6) is 0.308. The molecule has 0 bridgehead atoms. The van der Waals surface area contributed by atoms with Gasteiger partial charge in [0.05, 0.1) is 10.6 Å². The summed E-state index contributed by atoms with van der Waals surface area (Å²) in [4.78, 5) is 21.2. The SMILES string of the molecule is CCCc1ccc(S(=O)(=O)Cc2nc(-c3ccc(C(=O)NCc4cccnc4)cc3)oc2C)cc1. The number of pyridine rings is 1. The number of rotatable bonds is 9. The van der Waals surface area contributed by atoms with Crippen molar-refractivity contribution in [1.82, 2.24) is 15.3 Å². The first-order valence-corrected chi connectivity index (χ1v) is 13.1. The fraction of sp³-hybridized carbons (Fsp3) is 0.222. The maximum absolute atomic E-state index is 12.9. The van der Waals surface area contributed by atoms with Gasteiger partial charge in [0.1, 0.15) is 11.5 Å². The van der Waals surface area contributed by atoms with Crippen LogP contribution in [0.3, 0.4) is 0 Å². The molecule has 0 aliphatic heterocycles. The molecule has 0 saturated carbocycles. The molecule has 7 nitrogen and oxygen atoms in total. The molecule has 0 radical (unpaired) electrons. The summed E-state index contributed by atoms with van der Waals surface area (Å²) in [7, 11) is -3.56. The van der Waals surface area contributed by atoms with E-state index in [-0.39, 0.29) is 16.6 Å². The summed E-state index contributed by atoms with van der Waals surface area (Å²) in [5, 5.41) is 2.85. The molecule has 0 unspecified atom stereocenters. The number of nitrogens with one attached hydrogen (secondary N) is 1. The van der Waals surface area contributed by atoms with Gasteiger partial charge in [-0.25, -0.2) is 13.4 Å². The van der Waals surface area contributed by atoms with Crippen LogP contribution in [0.5, 0.6) is 0 Å². The number of hydrogen-bond donors (Lipinski definition) is 1. The Balaban J connectivity index is 1.44. The van der Waals surface area contributed by atoms with Crippen LogP contribution in [-0.2, 0) is 28.6 Å². The Labute approximate surface area is 205 Å². The molecule has 180 valence electrons. The lowest BCUT2D eigenvalue weighted by atomic mass is 10.1. The van der Waals surface area contributed by atoms with Crippen molar-refractivity contribution in [2.24, 2.45) is 0 Å². The lowest BCUT2D eigenvalue weighted by molar-refractivity contribution is 0.0951. The molecule has 35 heavy (non-hydrogen) atoms. The number of sulfone groups is 1. The zero-order chi connectivity index (χ0) is 24.8. The van der Waals surface area contributed by atoms with Gasteiger partial charge in [0.2, 0.25) is 5.89 Å². The molecule has 0 aliphatic carbocycles. The van der Waals surface area contributed by atoms with Crippen molar-refractivity contribution in [3.05, 3.63) is 101 Å². The Kier molecular flexibility index (Phi) is 7.41. The first kappa shape index (κ1) is 24.3. The monoisotopic (exact) mass is 489 g/mol. The van der Waals surface area contributed by atoms with Crippen LogP contribution in [0.4, 0.5) is 0 Å². The third-order valence-electron chi connectivity index (χ3n) is 5.61. The molecule has 0 spiro atoms. The second-order valence-electron chi connectivity index (χ2n) is 8.30. The highest BCUT2D eigenvalue weighted by molar-refractivity contribution is 7.90. The maximum atomic E-state index is 12.9. The number of benzene rings is 2. The van der Waals surface area contributed by atoms with E-state index in [0.29, 0.717) is 35.0 Å².